The highest BCUT2D eigenvalue weighted by atomic mass is 35.5. The number of carboxylic acids is 1. The van der Waals surface area contributed by atoms with Gasteiger partial charge in [0.25, 0.3) is 0 Å². The maximum atomic E-state index is 11.2. The van der Waals surface area contributed by atoms with Crippen molar-refractivity contribution in [2.24, 2.45) is 0 Å². The first-order valence-electron chi connectivity index (χ1n) is 6.51. The van der Waals surface area contributed by atoms with Crippen molar-refractivity contribution in [2.45, 2.75) is 13.0 Å². The topological polar surface area (TPSA) is 66.6 Å². The number of carbonyl (C=O) groups is 1. The van der Waals surface area contributed by atoms with E-state index in [0.717, 1.165) is 11.3 Å². The molecule has 3 N–H and O–H groups in total. The molecule has 0 saturated heterocycles. The Morgan fingerprint density at radius 2 is 1.86 bits per heavy atom. The van der Waals surface area contributed by atoms with Gasteiger partial charge >= 0.3 is 5.97 Å². The van der Waals surface area contributed by atoms with Gasteiger partial charge in [-0.25, -0.2) is 4.79 Å². The van der Waals surface area contributed by atoms with E-state index in [0.29, 0.717) is 5.02 Å². The summed E-state index contributed by atoms with van der Waals surface area (Å²) in [5, 5.41) is 9.83. The number of halogens is 1. The molecule has 4 nitrogen and oxygen atoms in total. The third kappa shape index (κ3) is 3.28. The molecule has 2 aromatic carbocycles. The molecule has 0 saturated carbocycles. The van der Waals surface area contributed by atoms with E-state index in [4.69, 9.17) is 22.4 Å². The largest absolute Gasteiger partial charge is 0.478 e. The molecule has 0 heterocycles. The summed E-state index contributed by atoms with van der Waals surface area (Å²) in [5.74, 6) is -1.03. The van der Waals surface area contributed by atoms with Crippen LogP contribution in [0.5, 0.6) is 0 Å². The van der Waals surface area contributed by atoms with Crippen LogP contribution in [-0.4, -0.2) is 18.1 Å². The van der Waals surface area contributed by atoms with E-state index in [9.17, 15) is 4.79 Å². The number of benzene rings is 2. The number of hydrogen-bond acceptors (Lipinski definition) is 3. The Morgan fingerprint density at radius 1 is 1.24 bits per heavy atom. The number of carboxylic acid groups (broad SMARTS) is 1. The van der Waals surface area contributed by atoms with E-state index in [2.05, 4.69) is 0 Å². The van der Waals surface area contributed by atoms with Crippen LogP contribution in [0.3, 0.4) is 0 Å². The minimum atomic E-state index is -1.03. The fourth-order valence-electron chi connectivity index (χ4n) is 2.14. The van der Waals surface area contributed by atoms with Gasteiger partial charge in [0.05, 0.1) is 11.6 Å². The van der Waals surface area contributed by atoms with Crippen LogP contribution >= 0.6 is 11.6 Å². The zero-order valence-electron chi connectivity index (χ0n) is 11.9. The molecule has 1 unspecified atom stereocenters. The molecule has 0 aliphatic heterocycles. The molecule has 0 aromatic heterocycles. The first-order valence-corrected chi connectivity index (χ1v) is 6.89. The standard InChI is InChI=1S/C16H17ClN2O2/c1-10(11-3-5-12(17)6-4-11)19(2)13-7-8-15(18)14(9-13)16(20)21/h3-10H,18H2,1-2H3,(H,20,21). The second-order valence-electron chi connectivity index (χ2n) is 4.92. The van der Waals surface area contributed by atoms with Crippen LogP contribution in [0, 0.1) is 0 Å². The van der Waals surface area contributed by atoms with Crippen LogP contribution < -0.4 is 10.6 Å². The van der Waals surface area contributed by atoms with Gasteiger partial charge in [0, 0.05) is 23.4 Å². The van der Waals surface area contributed by atoms with Crippen molar-refractivity contribution in [1.29, 1.82) is 0 Å². The minimum absolute atomic E-state index is 0.0764. The number of nitrogens with two attached hydrogens (primary N) is 1. The van der Waals surface area contributed by atoms with Crippen molar-refractivity contribution >= 4 is 28.9 Å². The Balaban J connectivity index is 2.31. The van der Waals surface area contributed by atoms with E-state index in [-0.39, 0.29) is 17.3 Å². The second-order valence-corrected chi connectivity index (χ2v) is 5.35. The number of nitrogens with zero attached hydrogens (tertiary/aromatic N) is 1. The summed E-state index contributed by atoms with van der Waals surface area (Å²) in [7, 11) is 1.91. The lowest BCUT2D eigenvalue weighted by molar-refractivity contribution is 0.0698. The first-order chi connectivity index (χ1) is 9.90. The van der Waals surface area contributed by atoms with E-state index >= 15 is 0 Å². The molecular weight excluding hydrogens is 288 g/mol. The molecule has 110 valence electrons. The number of hydrogen-bond donors (Lipinski definition) is 2. The second kappa shape index (κ2) is 6.06. The first kappa shape index (κ1) is 15.2. The summed E-state index contributed by atoms with van der Waals surface area (Å²) in [5.41, 5.74) is 7.95. The molecule has 5 heteroatoms. The predicted molar refractivity (Wildman–Crippen MR) is 86.1 cm³/mol. The number of nitrogen functional groups attached to an aromatic ring is 1. The van der Waals surface area contributed by atoms with Crippen molar-refractivity contribution < 1.29 is 9.90 Å². The molecule has 2 aromatic rings. The lowest BCUT2D eigenvalue weighted by atomic mass is 10.1. The van der Waals surface area contributed by atoms with Crippen LogP contribution in [0.1, 0.15) is 28.9 Å². The maximum Gasteiger partial charge on any atom is 0.337 e. The van der Waals surface area contributed by atoms with Crippen LogP contribution in [0.2, 0.25) is 5.02 Å². The minimum Gasteiger partial charge on any atom is -0.478 e. The van der Waals surface area contributed by atoms with Gasteiger partial charge < -0.3 is 15.7 Å². The molecule has 0 amide bonds. The lowest BCUT2D eigenvalue weighted by Crippen LogP contribution is -2.22. The Kier molecular flexibility index (Phi) is 4.38. The Labute approximate surface area is 128 Å². The summed E-state index contributed by atoms with van der Waals surface area (Å²) in [6.45, 7) is 2.04. The van der Waals surface area contributed by atoms with Crippen molar-refractivity contribution in [3.8, 4) is 0 Å². The Bertz CT molecular complexity index is 656. The monoisotopic (exact) mass is 304 g/mol. The Morgan fingerprint density at radius 3 is 2.43 bits per heavy atom. The fourth-order valence-corrected chi connectivity index (χ4v) is 2.26. The van der Waals surface area contributed by atoms with Crippen molar-refractivity contribution in [2.75, 3.05) is 17.7 Å². The van der Waals surface area contributed by atoms with Gasteiger partial charge in [-0.05, 0) is 42.8 Å². The molecule has 21 heavy (non-hydrogen) atoms. The molecule has 0 spiro atoms. The molecule has 0 bridgehead atoms. The SMILES string of the molecule is CC(c1ccc(Cl)cc1)N(C)c1ccc(N)c(C(=O)O)c1. The average molecular weight is 305 g/mol. The molecule has 0 aliphatic rings. The van der Waals surface area contributed by atoms with E-state index in [1.54, 1.807) is 12.1 Å². The van der Waals surface area contributed by atoms with Crippen molar-refractivity contribution in [3.05, 3.63) is 58.6 Å². The van der Waals surface area contributed by atoms with Gasteiger partial charge in [-0.1, -0.05) is 23.7 Å². The van der Waals surface area contributed by atoms with Crippen molar-refractivity contribution in [1.82, 2.24) is 0 Å². The quantitative estimate of drug-likeness (QED) is 0.843. The van der Waals surface area contributed by atoms with Crippen LogP contribution in [0.25, 0.3) is 0 Å². The van der Waals surface area contributed by atoms with E-state index < -0.39 is 5.97 Å². The summed E-state index contributed by atoms with van der Waals surface area (Å²) in [4.78, 5) is 13.2. The highest BCUT2D eigenvalue weighted by Gasteiger charge is 2.15. The van der Waals surface area contributed by atoms with Gasteiger partial charge in [-0.3, -0.25) is 0 Å². The normalized spacial score (nSPS) is 12.0. The van der Waals surface area contributed by atoms with Gasteiger partial charge in [0.15, 0.2) is 0 Å². The van der Waals surface area contributed by atoms with E-state index in [1.165, 1.54) is 0 Å². The van der Waals surface area contributed by atoms with Gasteiger partial charge in [0.2, 0.25) is 0 Å². The van der Waals surface area contributed by atoms with Gasteiger partial charge in [0.1, 0.15) is 0 Å². The van der Waals surface area contributed by atoms with Crippen LogP contribution in [0.4, 0.5) is 11.4 Å². The maximum absolute atomic E-state index is 11.2. The van der Waals surface area contributed by atoms with Gasteiger partial charge in [-0.2, -0.15) is 0 Å². The molecule has 0 radical (unpaired) electrons. The molecule has 2 rings (SSSR count). The summed E-state index contributed by atoms with van der Waals surface area (Å²) >= 11 is 5.89. The van der Waals surface area contributed by atoms with Crippen LogP contribution in [0.15, 0.2) is 42.5 Å². The lowest BCUT2D eigenvalue weighted by Gasteiger charge is -2.28. The third-order valence-electron chi connectivity index (χ3n) is 3.61. The smallest absolute Gasteiger partial charge is 0.337 e. The number of anilines is 2. The Hall–Kier alpha value is -2.20. The fraction of sp³-hybridized carbons (Fsp3) is 0.188. The molecule has 0 fully saturated rings. The molecular formula is C16H17ClN2O2. The molecule has 0 aliphatic carbocycles. The van der Waals surface area contributed by atoms with E-state index in [1.807, 2.05) is 49.2 Å². The number of rotatable bonds is 4. The van der Waals surface area contributed by atoms with Crippen molar-refractivity contribution in [3.63, 3.8) is 0 Å². The zero-order chi connectivity index (χ0) is 15.6. The summed E-state index contributed by atoms with van der Waals surface area (Å²) in [6.07, 6.45) is 0. The third-order valence-corrected chi connectivity index (χ3v) is 3.86. The zero-order valence-corrected chi connectivity index (χ0v) is 12.6. The van der Waals surface area contributed by atoms with Gasteiger partial charge in [-0.15, -0.1) is 0 Å². The highest BCUT2D eigenvalue weighted by Crippen LogP contribution is 2.28. The average Bonchev–Trinajstić information content (AvgIpc) is 2.46. The predicted octanol–water partition coefficient (Wildman–Crippen LogP) is 3.82. The highest BCUT2D eigenvalue weighted by molar-refractivity contribution is 6.30. The summed E-state index contributed by atoms with van der Waals surface area (Å²) < 4.78 is 0. The summed E-state index contributed by atoms with van der Waals surface area (Å²) in [6, 6.07) is 12.7. The molecule has 1 atom stereocenters. The van der Waals surface area contributed by atoms with Crippen LogP contribution in [-0.2, 0) is 0 Å². The number of aromatic carboxylic acids is 1.